The predicted molar refractivity (Wildman–Crippen MR) is 103 cm³/mol. The summed E-state index contributed by atoms with van der Waals surface area (Å²) >= 11 is 0. The summed E-state index contributed by atoms with van der Waals surface area (Å²) in [4.78, 5) is 2.37. The van der Waals surface area contributed by atoms with Crippen molar-refractivity contribution in [2.75, 3.05) is 26.2 Å². The number of benzene rings is 2. The number of β-amino-alcohol motifs (C(OH)–C–C–N with tert-alkyl or cyclic N) is 1. The molecule has 3 rings (SSSR count). The molecule has 1 heterocycles. The lowest BCUT2D eigenvalue weighted by Gasteiger charge is -2.35. The molecule has 3 heteroatoms. The largest absolute Gasteiger partial charge is 0.491 e. The zero-order valence-electron chi connectivity index (χ0n) is 15.3. The summed E-state index contributed by atoms with van der Waals surface area (Å²) < 4.78 is 5.78. The molecule has 1 saturated heterocycles. The molecule has 1 N–H and O–H groups in total. The average molecular weight is 339 g/mol. The van der Waals surface area contributed by atoms with Gasteiger partial charge >= 0.3 is 0 Å². The minimum absolute atomic E-state index is 0.337. The van der Waals surface area contributed by atoms with E-state index in [1.165, 1.54) is 17.5 Å². The van der Waals surface area contributed by atoms with Crippen molar-refractivity contribution >= 4 is 0 Å². The number of hydrogen-bond acceptors (Lipinski definition) is 3. The molecule has 0 amide bonds. The van der Waals surface area contributed by atoms with Crippen molar-refractivity contribution in [3.63, 3.8) is 0 Å². The number of piperidine rings is 1. The lowest BCUT2D eigenvalue weighted by Crippen LogP contribution is -2.43. The van der Waals surface area contributed by atoms with Gasteiger partial charge in [0.2, 0.25) is 0 Å². The third-order valence-electron chi connectivity index (χ3n) is 4.82. The Morgan fingerprint density at radius 2 is 1.56 bits per heavy atom. The molecular formula is C22H29NO2. The van der Waals surface area contributed by atoms with Crippen LogP contribution in [0.1, 0.15) is 20.3 Å². The molecule has 1 aliphatic rings. The van der Waals surface area contributed by atoms with Crippen molar-refractivity contribution in [3.05, 3.63) is 54.6 Å². The van der Waals surface area contributed by atoms with Gasteiger partial charge in [0.05, 0.1) is 0 Å². The Labute approximate surface area is 151 Å². The maximum atomic E-state index is 10.3. The lowest BCUT2D eigenvalue weighted by molar-refractivity contribution is 0.0429. The Morgan fingerprint density at radius 1 is 0.960 bits per heavy atom. The fourth-order valence-electron chi connectivity index (χ4n) is 3.86. The molecule has 134 valence electrons. The van der Waals surface area contributed by atoms with Gasteiger partial charge < -0.3 is 14.7 Å². The Hall–Kier alpha value is -1.84. The molecule has 0 radical (unpaired) electrons. The summed E-state index contributed by atoms with van der Waals surface area (Å²) in [5, 5.41) is 10.3. The highest BCUT2D eigenvalue weighted by Crippen LogP contribution is 2.23. The molecule has 1 aliphatic heterocycles. The molecular weight excluding hydrogens is 310 g/mol. The molecule has 2 aromatic rings. The molecule has 0 spiro atoms. The summed E-state index contributed by atoms with van der Waals surface area (Å²) in [6, 6.07) is 18.4. The van der Waals surface area contributed by atoms with E-state index >= 15 is 0 Å². The van der Waals surface area contributed by atoms with Crippen LogP contribution in [-0.2, 0) is 0 Å². The van der Waals surface area contributed by atoms with E-state index in [0.717, 1.165) is 18.8 Å². The first-order valence-corrected chi connectivity index (χ1v) is 9.29. The highest BCUT2D eigenvalue weighted by molar-refractivity contribution is 5.63. The highest BCUT2D eigenvalue weighted by Gasteiger charge is 2.23. The fraction of sp³-hybridized carbons (Fsp3) is 0.455. The Morgan fingerprint density at radius 3 is 2.20 bits per heavy atom. The smallest absolute Gasteiger partial charge is 0.119 e. The Balaban J connectivity index is 1.48. The third kappa shape index (κ3) is 5.32. The zero-order chi connectivity index (χ0) is 17.6. The molecule has 0 aromatic heterocycles. The monoisotopic (exact) mass is 339 g/mol. The SMILES string of the molecule is C[C@@H]1C[C@@H](C)CN(C[C@H](O)COc2ccc(-c3ccccc3)cc2)C1. The maximum absolute atomic E-state index is 10.3. The van der Waals surface area contributed by atoms with Crippen molar-refractivity contribution in [2.45, 2.75) is 26.4 Å². The Kier molecular flexibility index (Phi) is 6.11. The topological polar surface area (TPSA) is 32.7 Å². The van der Waals surface area contributed by atoms with E-state index in [2.05, 4.69) is 43.0 Å². The normalized spacial score (nSPS) is 22.5. The minimum Gasteiger partial charge on any atom is -0.491 e. The second kappa shape index (κ2) is 8.50. The second-order valence-corrected chi connectivity index (χ2v) is 7.52. The first-order valence-electron chi connectivity index (χ1n) is 9.29. The molecule has 0 unspecified atom stereocenters. The van der Waals surface area contributed by atoms with E-state index in [1.54, 1.807) is 0 Å². The molecule has 25 heavy (non-hydrogen) atoms. The lowest BCUT2D eigenvalue weighted by atomic mass is 9.92. The van der Waals surface area contributed by atoms with Gasteiger partial charge in [0.1, 0.15) is 18.5 Å². The van der Waals surface area contributed by atoms with Gasteiger partial charge in [-0.2, -0.15) is 0 Å². The van der Waals surface area contributed by atoms with Gasteiger partial charge in [0.15, 0.2) is 0 Å². The second-order valence-electron chi connectivity index (χ2n) is 7.52. The van der Waals surface area contributed by atoms with Crippen LogP contribution in [0, 0.1) is 11.8 Å². The molecule has 1 fully saturated rings. The quantitative estimate of drug-likeness (QED) is 0.861. The van der Waals surface area contributed by atoms with E-state index in [1.807, 2.05) is 30.3 Å². The summed E-state index contributed by atoms with van der Waals surface area (Å²) in [5.41, 5.74) is 2.37. The van der Waals surface area contributed by atoms with Crippen LogP contribution in [0.5, 0.6) is 5.75 Å². The van der Waals surface area contributed by atoms with E-state index in [4.69, 9.17) is 4.74 Å². The zero-order valence-corrected chi connectivity index (χ0v) is 15.3. The van der Waals surface area contributed by atoms with Crippen molar-refractivity contribution in [3.8, 4) is 16.9 Å². The van der Waals surface area contributed by atoms with Gasteiger partial charge in [-0.05, 0) is 41.5 Å². The predicted octanol–water partition coefficient (Wildman–Crippen LogP) is 4.07. The Bertz CT molecular complexity index is 631. The van der Waals surface area contributed by atoms with Crippen molar-refractivity contribution in [2.24, 2.45) is 11.8 Å². The third-order valence-corrected chi connectivity index (χ3v) is 4.82. The summed E-state index contributed by atoms with van der Waals surface area (Å²) in [6.07, 6.45) is 0.836. The first-order chi connectivity index (χ1) is 12.1. The molecule has 3 nitrogen and oxygen atoms in total. The minimum atomic E-state index is -0.453. The van der Waals surface area contributed by atoms with Crippen LogP contribution in [0.4, 0.5) is 0 Å². The summed E-state index contributed by atoms with van der Waals surface area (Å²) in [7, 11) is 0. The van der Waals surface area contributed by atoms with Crippen LogP contribution in [0.15, 0.2) is 54.6 Å². The molecule has 3 atom stereocenters. The molecule has 0 saturated carbocycles. The van der Waals surface area contributed by atoms with Gasteiger partial charge in [-0.25, -0.2) is 0 Å². The standard InChI is InChI=1S/C22H29NO2/c1-17-12-18(2)14-23(13-17)15-21(24)16-25-22-10-8-20(9-11-22)19-6-4-3-5-7-19/h3-11,17-18,21,24H,12-16H2,1-2H3/t17-,18-,21+/m1/s1. The van der Waals surface area contributed by atoms with E-state index in [9.17, 15) is 5.11 Å². The van der Waals surface area contributed by atoms with Crippen LogP contribution >= 0.6 is 0 Å². The number of hydrogen-bond donors (Lipinski definition) is 1. The first kappa shape index (κ1) is 18.0. The van der Waals surface area contributed by atoms with Crippen molar-refractivity contribution < 1.29 is 9.84 Å². The van der Waals surface area contributed by atoms with E-state index < -0.39 is 6.10 Å². The van der Waals surface area contributed by atoms with Crippen LogP contribution in [0.25, 0.3) is 11.1 Å². The number of ether oxygens (including phenoxy) is 1. The number of rotatable bonds is 6. The van der Waals surface area contributed by atoms with Gasteiger partial charge in [0.25, 0.3) is 0 Å². The van der Waals surface area contributed by atoms with Crippen LogP contribution in [0.3, 0.4) is 0 Å². The summed E-state index contributed by atoms with van der Waals surface area (Å²) in [6.45, 7) is 7.76. The average Bonchev–Trinajstić information content (AvgIpc) is 2.60. The van der Waals surface area contributed by atoms with Gasteiger partial charge in [-0.15, -0.1) is 0 Å². The van der Waals surface area contributed by atoms with E-state index in [0.29, 0.717) is 25.0 Å². The number of nitrogens with zero attached hydrogens (tertiary/aromatic N) is 1. The van der Waals surface area contributed by atoms with Crippen molar-refractivity contribution in [1.29, 1.82) is 0 Å². The van der Waals surface area contributed by atoms with Gasteiger partial charge in [-0.3, -0.25) is 0 Å². The number of likely N-dealkylation sites (tertiary alicyclic amines) is 1. The summed E-state index contributed by atoms with van der Waals surface area (Å²) in [5.74, 6) is 2.23. The number of aliphatic hydroxyl groups excluding tert-OH is 1. The van der Waals surface area contributed by atoms with Crippen LogP contribution < -0.4 is 4.74 Å². The van der Waals surface area contributed by atoms with Gasteiger partial charge in [0, 0.05) is 19.6 Å². The fourth-order valence-corrected chi connectivity index (χ4v) is 3.86. The van der Waals surface area contributed by atoms with E-state index in [-0.39, 0.29) is 0 Å². The molecule has 0 bridgehead atoms. The highest BCUT2D eigenvalue weighted by atomic mass is 16.5. The van der Waals surface area contributed by atoms with Crippen LogP contribution in [0.2, 0.25) is 0 Å². The maximum Gasteiger partial charge on any atom is 0.119 e. The van der Waals surface area contributed by atoms with Crippen molar-refractivity contribution in [1.82, 2.24) is 4.90 Å². The number of aliphatic hydroxyl groups is 1. The van der Waals surface area contributed by atoms with Gasteiger partial charge in [-0.1, -0.05) is 56.3 Å². The molecule has 2 aromatic carbocycles. The molecule has 0 aliphatic carbocycles. The van der Waals surface area contributed by atoms with Crippen LogP contribution in [-0.4, -0.2) is 42.4 Å².